The summed E-state index contributed by atoms with van der Waals surface area (Å²) in [5.74, 6) is 0.0237. The Labute approximate surface area is 193 Å². The first-order valence-corrected chi connectivity index (χ1v) is 12.2. The van der Waals surface area contributed by atoms with Crippen LogP contribution < -0.4 is 19.1 Å². The van der Waals surface area contributed by atoms with Gasteiger partial charge in [0.1, 0.15) is 0 Å². The summed E-state index contributed by atoms with van der Waals surface area (Å²) < 4.78 is 41.2. The molecule has 0 aliphatic carbocycles. The van der Waals surface area contributed by atoms with Crippen LogP contribution in [0, 0.1) is 0 Å². The molecule has 0 aromatic heterocycles. The van der Waals surface area contributed by atoms with Crippen molar-refractivity contribution in [3.63, 3.8) is 0 Å². The zero-order valence-electron chi connectivity index (χ0n) is 19.2. The van der Waals surface area contributed by atoms with E-state index >= 15 is 0 Å². The van der Waals surface area contributed by atoms with Gasteiger partial charge in [-0.05, 0) is 61.7 Å². The average Bonchev–Trinajstić information content (AvgIpc) is 3.12. The number of fused-ring (bicyclic) bond motifs is 1. The third kappa shape index (κ3) is 5.39. The smallest absolute Gasteiger partial charge is 0.338 e. The number of amides is 1. The van der Waals surface area contributed by atoms with E-state index < -0.39 is 28.0 Å². The van der Waals surface area contributed by atoms with Crippen molar-refractivity contribution in [2.45, 2.75) is 39.0 Å². The first-order chi connectivity index (χ1) is 15.5. The van der Waals surface area contributed by atoms with Crippen molar-refractivity contribution in [3.8, 4) is 11.5 Å². The van der Waals surface area contributed by atoms with Gasteiger partial charge in [-0.2, -0.15) is 0 Å². The van der Waals surface area contributed by atoms with Gasteiger partial charge in [0, 0.05) is 12.6 Å². The Morgan fingerprint density at radius 3 is 2.45 bits per heavy atom. The van der Waals surface area contributed by atoms with Gasteiger partial charge in [-0.25, -0.2) is 13.2 Å². The lowest BCUT2D eigenvalue weighted by molar-refractivity contribution is -0.129. The molecule has 1 amide bonds. The zero-order chi connectivity index (χ0) is 24.3. The lowest BCUT2D eigenvalue weighted by Gasteiger charge is -2.22. The summed E-state index contributed by atoms with van der Waals surface area (Å²) in [6.45, 7) is 3.52. The minimum Gasteiger partial charge on any atom is -0.493 e. The van der Waals surface area contributed by atoms with E-state index in [9.17, 15) is 18.0 Å². The summed E-state index contributed by atoms with van der Waals surface area (Å²) >= 11 is 0. The molecule has 0 spiro atoms. The average molecular weight is 477 g/mol. The Kier molecular flexibility index (Phi) is 7.16. The maximum atomic E-state index is 12.6. The van der Waals surface area contributed by atoms with Crippen LogP contribution in [0.25, 0.3) is 0 Å². The van der Waals surface area contributed by atoms with Crippen molar-refractivity contribution in [2.24, 2.45) is 0 Å². The van der Waals surface area contributed by atoms with Crippen LogP contribution >= 0.6 is 0 Å². The SMILES string of the molecule is COc1ccc(CNC(=O)C(C)OC(=O)c2ccc3c(c2)CC(C)N3S(C)(=O)=O)cc1OC. The molecule has 10 heteroatoms. The predicted molar refractivity (Wildman–Crippen MR) is 123 cm³/mol. The van der Waals surface area contributed by atoms with E-state index in [-0.39, 0.29) is 18.2 Å². The first kappa shape index (κ1) is 24.4. The minimum atomic E-state index is -3.42. The molecule has 0 fully saturated rings. The molecule has 9 nitrogen and oxygen atoms in total. The highest BCUT2D eigenvalue weighted by Crippen LogP contribution is 2.35. The van der Waals surface area contributed by atoms with Crippen molar-refractivity contribution in [3.05, 3.63) is 53.1 Å². The molecular formula is C23H28N2O7S. The van der Waals surface area contributed by atoms with Gasteiger partial charge in [-0.15, -0.1) is 0 Å². The molecule has 0 bridgehead atoms. The number of ether oxygens (including phenoxy) is 3. The van der Waals surface area contributed by atoms with Gasteiger partial charge in [0.15, 0.2) is 17.6 Å². The number of hydrogen-bond acceptors (Lipinski definition) is 7. The van der Waals surface area contributed by atoms with Crippen LogP contribution in [-0.2, 0) is 32.5 Å². The predicted octanol–water partition coefficient (Wildman–Crippen LogP) is 2.28. The number of anilines is 1. The van der Waals surface area contributed by atoms with Gasteiger partial charge < -0.3 is 19.5 Å². The summed E-state index contributed by atoms with van der Waals surface area (Å²) in [4.78, 5) is 25.0. The van der Waals surface area contributed by atoms with Crippen molar-refractivity contribution >= 4 is 27.6 Å². The molecule has 2 aromatic rings. The largest absolute Gasteiger partial charge is 0.493 e. The minimum absolute atomic E-state index is 0.221. The van der Waals surface area contributed by atoms with Crippen molar-refractivity contribution in [2.75, 3.05) is 24.8 Å². The standard InChI is InChI=1S/C23H28N2O7S/c1-14-10-18-12-17(7-8-19(18)25(14)33(5,28)29)23(27)32-15(2)22(26)24-13-16-6-9-20(30-3)21(11-16)31-4/h6-9,11-12,14-15H,10,13H2,1-5H3,(H,24,26). The summed E-state index contributed by atoms with van der Waals surface area (Å²) in [6.07, 6.45) is 0.630. The molecule has 2 aromatic carbocycles. The molecule has 1 aliphatic heterocycles. The van der Waals surface area contributed by atoms with E-state index in [2.05, 4.69) is 5.32 Å². The second kappa shape index (κ2) is 9.70. The Morgan fingerprint density at radius 2 is 1.82 bits per heavy atom. The van der Waals surface area contributed by atoms with E-state index in [0.717, 1.165) is 17.4 Å². The van der Waals surface area contributed by atoms with Gasteiger partial charge in [0.2, 0.25) is 10.0 Å². The molecular weight excluding hydrogens is 448 g/mol. The zero-order valence-corrected chi connectivity index (χ0v) is 20.1. The number of nitrogens with zero attached hydrogens (tertiary/aromatic N) is 1. The fraction of sp³-hybridized carbons (Fsp3) is 0.391. The summed E-state index contributed by atoms with van der Waals surface area (Å²) in [7, 11) is -0.349. The molecule has 2 atom stereocenters. The van der Waals surface area contributed by atoms with E-state index in [4.69, 9.17) is 14.2 Å². The van der Waals surface area contributed by atoms with Crippen molar-refractivity contribution < 1.29 is 32.2 Å². The Hall–Kier alpha value is -3.27. The van der Waals surface area contributed by atoms with Gasteiger partial charge >= 0.3 is 5.97 Å². The molecule has 0 saturated heterocycles. The molecule has 0 saturated carbocycles. The second-order valence-electron chi connectivity index (χ2n) is 7.91. The number of hydrogen-bond donors (Lipinski definition) is 1. The normalized spacial score (nSPS) is 16.0. The maximum Gasteiger partial charge on any atom is 0.338 e. The second-order valence-corrected chi connectivity index (χ2v) is 9.77. The highest BCUT2D eigenvalue weighted by molar-refractivity contribution is 7.92. The van der Waals surface area contributed by atoms with E-state index in [1.165, 1.54) is 24.4 Å². The number of nitrogens with one attached hydrogen (secondary N) is 1. The molecule has 0 radical (unpaired) electrons. The van der Waals surface area contributed by atoms with E-state index in [1.54, 1.807) is 37.4 Å². The summed E-state index contributed by atoms with van der Waals surface area (Å²) in [6, 6.07) is 9.77. The number of benzene rings is 2. The van der Waals surface area contributed by atoms with Crippen LogP contribution in [0.3, 0.4) is 0 Å². The van der Waals surface area contributed by atoms with Crippen LogP contribution in [0.1, 0.15) is 35.3 Å². The van der Waals surface area contributed by atoms with Gasteiger partial charge in [0.05, 0.1) is 31.7 Å². The summed E-state index contributed by atoms with van der Waals surface area (Å²) in [5.41, 5.74) is 2.36. The highest BCUT2D eigenvalue weighted by Gasteiger charge is 2.33. The fourth-order valence-corrected chi connectivity index (χ4v) is 5.10. The first-order valence-electron chi connectivity index (χ1n) is 10.4. The van der Waals surface area contributed by atoms with Crippen LogP contribution in [-0.4, -0.2) is 52.9 Å². The lowest BCUT2D eigenvalue weighted by Crippen LogP contribution is -2.35. The van der Waals surface area contributed by atoms with Gasteiger partial charge in [-0.1, -0.05) is 6.07 Å². The van der Waals surface area contributed by atoms with E-state index in [1.807, 2.05) is 6.92 Å². The fourth-order valence-electron chi connectivity index (χ4n) is 3.84. The number of methoxy groups -OCH3 is 2. The van der Waals surface area contributed by atoms with Crippen LogP contribution in [0.5, 0.6) is 11.5 Å². The molecule has 178 valence electrons. The number of carbonyl (C=O) groups excluding carboxylic acids is 2. The molecule has 2 unspecified atom stereocenters. The third-order valence-corrected chi connectivity index (χ3v) is 6.66. The summed E-state index contributed by atoms with van der Waals surface area (Å²) in [5, 5.41) is 2.73. The molecule has 33 heavy (non-hydrogen) atoms. The maximum absolute atomic E-state index is 12.6. The number of esters is 1. The quantitative estimate of drug-likeness (QED) is 0.582. The Morgan fingerprint density at radius 1 is 1.12 bits per heavy atom. The number of sulfonamides is 1. The lowest BCUT2D eigenvalue weighted by atomic mass is 10.1. The van der Waals surface area contributed by atoms with Crippen LogP contribution in [0.4, 0.5) is 5.69 Å². The monoisotopic (exact) mass is 476 g/mol. The number of carbonyl (C=O) groups is 2. The van der Waals surface area contributed by atoms with E-state index in [0.29, 0.717) is 23.6 Å². The molecule has 1 heterocycles. The third-order valence-electron chi connectivity index (χ3n) is 5.39. The Bertz CT molecular complexity index is 1160. The van der Waals surface area contributed by atoms with Crippen LogP contribution in [0.15, 0.2) is 36.4 Å². The molecule has 3 rings (SSSR count). The van der Waals surface area contributed by atoms with Crippen LogP contribution in [0.2, 0.25) is 0 Å². The van der Waals surface area contributed by atoms with Gasteiger partial charge in [0.25, 0.3) is 5.91 Å². The topological polar surface area (TPSA) is 111 Å². The van der Waals surface area contributed by atoms with Gasteiger partial charge in [-0.3, -0.25) is 9.10 Å². The highest BCUT2D eigenvalue weighted by atomic mass is 32.2. The molecule has 1 aliphatic rings. The number of rotatable bonds is 8. The Balaban J connectivity index is 1.62. The van der Waals surface area contributed by atoms with Crippen molar-refractivity contribution in [1.29, 1.82) is 0 Å². The molecule has 1 N–H and O–H groups in total. The van der Waals surface area contributed by atoms with Crippen molar-refractivity contribution in [1.82, 2.24) is 5.32 Å².